The number of carbonyl (C=O) groups is 1. The zero-order valence-electron chi connectivity index (χ0n) is 18.7. The first-order valence-electron chi connectivity index (χ1n) is 12.0. The van der Waals surface area contributed by atoms with Crippen molar-refractivity contribution in [1.29, 1.82) is 0 Å². The highest BCUT2D eigenvalue weighted by Gasteiger charge is 2.48. The van der Waals surface area contributed by atoms with Gasteiger partial charge in [0.15, 0.2) is 12.0 Å². The highest BCUT2D eigenvalue weighted by atomic mass is 16.6. The lowest BCUT2D eigenvalue weighted by molar-refractivity contribution is -0.142. The van der Waals surface area contributed by atoms with Gasteiger partial charge in [-0.3, -0.25) is 4.79 Å². The van der Waals surface area contributed by atoms with Crippen LogP contribution in [0.25, 0.3) is 22.3 Å². The molecule has 3 N–H and O–H groups in total. The minimum Gasteiger partial charge on any atom is -0.481 e. The average molecular weight is 465 g/mol. The Morgan fingerprint density at radius 3 is 2.53 bits per heavy atom. The number of rotatable bonds is 5. The van der Waals surface area contributed by atoms with E-state index in [1.165, 1.54) is 5.56 Å². The van der Waals surface area contributed by atoms with Gasteiger partial charge in [0, 0.05) is 11.6 Å². The van der Waals surface area contributed by atoms with Gasteiger partial charge in [-0.05, 0) is 49.3 Å². The number of aliphatic hydroxyl groups is 1. The Labute approximate surface area is 196 Å². The number of ether oxygens (including phenoxy) is 3. The molecule has 34 heavy (non-hydrogen) atoms. The molecule has 2 aliphatic heterocycles. The fourth-order valence-corrected chi connectivity index (χ4v) is 5.52. The van der Waals surface area contributed by atoms with Crippen LogP contribution in [0.1, 0.15) is 37.2 Å². The molecule has 3 fully saturated rings. The minimum absolute atomic E-state index is 0.193. The van der Waals surface area contributed by atoms with Crippen molar-refractivity contribution in [3.05, 3.63) is 48.0 Å². The smallest absolute Gasteiger partial charge is 0.306 e. The lowest BCUT2D eigenvalue weighted by Gasteiger charge is -2.26. The Balaban J connectivity index is 1.15. The van der Waals surface area contributed by atoms with Crippen molar-refractivity contribution in [2.75, 3.05) is 13.2 Å². The van der Waals surface area contributed by atoms with Crippen LogP contribution >= 0.6 is 0 Å². The maximum Gasteiger partial charge on any atom is 0.306 e. The number of aromatic amines is 1. The highest BCUT2D eigenvalue weighted by molar-refractivity contribution is 5.80. The average Bonchev–Trinajstić information content (AvgIpc) is 3.55. The van der Waals surface area contributed by atoms with Gasteiger partial charge in [0.25, 0.3) is 0 Å². The number of fused-ring (bicyclic) bond motifs is 2. The second-order valence-electron chi connectivity index (χ2n) is 9.59. The normalized spacial score (nSPS) is 31.0. The molecule has 6 rings (SSSR count). The lowest BCUT2D eigenvalue weighted by atomic mass is 9.78. The quantitative estimate of drug-likeness (QED) is 0.530. The third kappa shape index (κ3) is 3.96. The number of nitrogens with one attached hydrogen (secondary N) is 1. The highest BCUT2D eigenvalue weighted by Crippen LogP contribution is 2.37. The molecule has 8 nitrogen and oxygen atoms in total. The molecule has 8 heteroatoms. The van der Waals surface area contributed by atoms with E-state index in [-0.39, 0.29) is 30.8 Å². The number of carboxylic acid groups (broad SMARTS) is 1. The number of hydrogen-bond acceptors (Lipinski definition) is 6. The number of carboxylic acids is 1. The molecule has 1 aromatic carbocycles. The number of pyridine rings is 1. The van der Waals surface area contributed by atoms with E-state index < -0.39 is 12.1 Å². The van der Waals surface area contributed by atoms with Crippen molar-refractivity contribution in [3.63, 3.8) is 0 Å². The van der Waals surface area contributed by atoms with E-state index in [1.807, 2.05) is 18.2 Å². The summed E-state index contributed by atoms with van der Waals surface area (Å²) in [5.41, 5.74) is 4.88. The van der Waals surface area contributed by atoms with Crippen LogP contribution in [0.15, 0.2) is 42.5 Å². The number of nitrogens with zero attached hydrogens (tertiary/aromatic N) is 1. The molecule has 1 aliphatic carbocycles. The molecule has 4 heterocycles. The van der Waals surface area contributed by atoms with Crippen molar-refractivity contribution in [1.82, 2.24) is 9.97 Å². The second kappa shape index (κ2) is 8.69. The molecule has 0 bridgehead atoms. The fraction of sp³-hybridized carbons (Fsp3) is 0.462. The first-order valence-corrected chi connectivity index (χ1v) is 12.0. The van der Waals surface area contributed by atoms with Crippen LogP contribution in [-0.2, 0) is 14.3 Å². The van der Waals surface area contributed by atoms with E-state index in [1.54, 1.807) is 0 Å². The van der Waals surface area contributed by atoms with Crippen LogP contribution in [0.2, 0.25) is 0 Å². The molecule has 0 amide bonds. The number of benzene rings is 1. The minimum atomic E-state index is -0.667. The lowest BCUT2D eigenvalue weighted by Crippen LogP contribution is -2.34. The maximum absolute atomic E-state index is 11.2. The summed E-state index contributed by atoms with van der Waals surface area (Å²) in [5.74, 6) is 0.168. The van der Waals surface area contributed by atoms with E-state index >= 15 is 0 Å². The monoisotopic (exact) mass is 464 g/mol. The van der Waals surface area contributed by atoms with E-state index in [0.29, 0.717) is 18.4 Å². The second-order valence-corrected chi connectivity index (χ2v) is 9.59. The van der Waals surface area contributed by atoms with Gasteiger partial charge in [-0.1, -0.05) is 24.3 Å². The third-order valence-corrected chi connectivity index (χ3v) is 7.46. The van der Waals surface area contributed by atoms with Gasteiger partial charge in [0.05, 0.1) is 35.9 Å². The van der Waals surface area contributed by atoms with E-state index in [9.17, 15) is 15.0 Å². The molecule has 0 unspecified atom stereocenters. The number of aliphatic carboxylic acids is 1. The Morgan fingerprint density at radius 2 is 1.76 bits per heavy atom. The van der Waals surface area contributed by atoms with Crippen LogP contribution in [0.5, 0.6) is 5.88 Å². The third-order valence-electron chi connectivity index (χ3n) is 7.46. The van der Waals surface area contributed by atoms with Crippen molar-refractivity contribution in [3.8, 4) is 17.1 Å². The number of aromatic nitrogens is 2. The Hall–Kier alpha value is -2.94. The van der Waals surface area contributed by atoms with Gasteiger partial charge in [0.2, 0.25) is 0 Å². The van der Waals surface area contributed by atoms with Crippen molar-refractivity contribution < 1.29 is 29.2 Å². The van der Waals surface area contributed by atoms with Crippen molar-refractivity contribution in [2.24, 2.45) is 5.92 Å². The summed E-state index contributed by atoms with van der Waals surface area (Å²) in [5, 5.41) is 19.1. The topological polar surface area (TPSA) is 114 Å². The van der Waals surface area contributed by atoms with E-state index in [4.69, 9.17) is 19.2 Å². The van der Waals surface area contributed by atoms with E-state index in [0.717, 1.165) is 48.0 Å². The summed E-state index contributed by atoms with van der Waals surface area (Å²) in [7, 11) is 0. The molecule has 0 spiro atoms. The summed E-state index contributed by atoms with van der Waals surface area (Å²) < 4.78 is 17.4. The molecule has 178 valence electrons. The number of H-pyrrole nitrogens is 1. The summed E-state index contributed by atoms with van der Waals surface area (Å²) in [6.07, 6.45) is 1.88. The zero-order chi connectivity index (χ0) is 23.2. The standard InChI is InChI=1S/C26H28N2O6/c29-21-12-32-25-22(13-33-24(21)25)34-23-11-20-19(28-23)10-9-18(27-20)16-5-1-14(2-6-16)15-3-7-17(8-4-15)26(30)31/h1-2,5-6,9-11,15,17,21-22,24-25,28-29H,3-4,7-8,12-13H2,(H,30,31)/t15?,17?,21-,22-,24-,25-/m1/s1. The Bertz CT molecular complexity index is 1180. The molecular weight excluding hydrogens is 436 g/mol. The largest absolute Gasteiger partial charge is 0.481 e. The number of aliphatic hydroxyl groups excluding tert-OH is 1. The summed E-state index contributed by atoms with van der Waals surface area (Å²) in [6.45, 7) is 0.653. The Kier molecular flexibility index (Phi) is 5.51. The summed E-state index contributed by atoms with van der Waals surface area (Å²) in [4.78, 5) is 19.3. The fourth-order valence-electron chi connectivity index (χ4n) is 5.52. The van der Waals surface area contributed by atoms with Gasteiger partial charge in [-0.2, -0.15) is 0 Å². The molecule has 0 radical (unpaired) electrons. The molecule has 1 saturated carbocycles. The summed E-state index contributed by atoms with van der Waals surface area (Å²) in [6, 6.07) is 14.3. The van der Waals surface area contributed by atoms with Crippen LogP contribution in [0, 0.1) is 5.92 Å². The molecule has 2 saturated heterocycles. The zero-order valence-corrected chi connectivity index (χ0v) is 18.7. The van der Waals surface area contributed by atoms with Gasteiger partial charge in [-0.25, -0.2) is 4.98 Å². The molecule has 2 aromatic heterocycles. The SMILES string of the molecule is O=C(O)C1CCC(c2ccc(-c3ccc4[nH]c(O[C@@H]5CO[C@H]6[C@@H]5OC[C@H]6O)cc4n3)cc2)CC1. The first-order chi connectivity index (χ1) is 16.5. The molecule has 3 aromatic rings. The van der Waals surface area contributed by atoms with Crippen LogP contribution in [-0.4, -0.2) is 63.8 Å². The first kappa shape index (κ1) is 21.6. The van der Waals surface area contributed by atoms with Crippen LogP contribution < -0.4 is 4.74 Å². The maximum atomic E-state index is 11.2. The molecule has 3 aliphatic rings. The number of hydrogen-bond donors (Lipinski definition) is 3. The van der Waals surface area contributed by atoms with Crippen LogP contribution in [0.3, 0.4) is 0 Å². The predicted octanol–water partition coefficient (Wildman–Crippen LogP) is 3.49. The van der Waals surface area contributed by atoms with E-state index in [2.05, 4.69) is 29.2 Å². The van der Waals surface area contributed by atoms with Gasteiger partial charge in [0.1, 0.15) is 18.3 Å². The van der Waals surface area contributed by atoms with Gasteiger partial charge < -0.3 is 29.4 Å². The van der Waals surface area contributed by atoms with Gasteiger partial charge >= 0.3 is 5.97 Å². The summed E-state index contributed by atoms with van der Waals surface area (Å²) >= 11 is 0. The Morgan fingerprint density at radius 1 is 1.00 bits per heavy atom. The molecule has 4 atom stereocenters. The van der Waals surface area contributed by atoms with Crippen LogP contribution in [0.4, 0.5) is 0 Å². The molecular formula is C26H28N2O6. The van der Waals surface area contributed by atoms with Crippen molar-refractivity contribution in [2.45, 2.75) is 56.0 Å². The van der Waals surface area contributed by atoms with Gasteiger partial charge in [-0.15, -0.1) is 0 Å². The predicted molar refractivity (Wildman–Crippen MR) is 124 cm³/mol. The van der Waals surface area contributed by atoms with Crippen molar-refractivity contribution >= 4 is 17.0 Å².